The molecule has 1 heterocycles. The van der Waals surface area contributed by atoms with Gasteiger partial charge in [0.1, 0.15) is 0 Å². The molecule has 0 saturated heterocycles. The van der Waals surface area contributed by atoms with Crippen molar-refractivity contribution in [2.24, 2.45) is 0 Å². The molecule has 7 nitrogen and oxygen atoms in total. The summed E-state index contributed by atoms with van der Waals surface area (Å²) in [7, 11) is 0. The van der Waals surface area contributed by atoms with Crippen LogP contribution in [0.5, 0.6) is 0 Å². The predicted octanol–water partition coefficient (Wildman–Crippen LogP) is 4.29. The van der Waals surface area contributed by atoms with Gasteiger partial charge in [-0.25, -0.2) is 0 Å². The van der Waals surface area contributed by atoms with Crippen LogP contribution in [0, 0.1) is 0 Å². The average Bonchev–Trinajstić information content (AvgIpc) is 3.70. The van der Waals surface area contributed by atoms with Crippen LogP contribution in [-0.2, 0) is 20.5 Å². The number of carbonyl (C=O) groups excluding carboxylic acids is 2. The molecule has 1 N–H and O–H groups in total. The van der Waals surface area contributed by atoms with E-state index in [1.807, 2.05) is 4.90 Å². The van der Waals surface area contributed by atoms with E-state index in [4.69, 9.17) is 4.74 Å². The van der Waals surface area contributed by atoms with Gasteiger partial charge in [0.2, 0.25) is 0 Å². The number of esters is 1. The van der Waals surface area contributed by atoms with Crippen molar-refractivity contribution in [1.82, 2.24) is 15.1 Å². The lowest BCUT2D eigenvalue weighted by molar-refractivity contribution is -0.258. The van der Waals surface area contributed by atoms with E-state index < -0.39 is 17.2 Å². The molecule has 0 radical (unpaired) electrons. The Morgan fingerprint density at radius 3 is 2.17 bits per heavy atom. The van der Waals surface area contributed by atoms with Gasteiger partial charge in [0.25, 0.3) is 5.91 Å². The van der Waals surface area contributed by atoms with Crippen LogP contribution in [0.1, 0.15) is 73.9 Å². The molecule has 2 aromatic rings. The van der Waals surface area contributed by atoms with E-state index in [1.165, 1.54) is 12.1 Å². The van der Waals surface area contributed by atoms with Crippen molar-refractivity contribution in [3.63, 3.8) is 0 Å². The van der Waals surface area contributed by atoms with Crippen molar-refractivity contribution in [2.45, 2.75) is 81.6 Å². The van der Waals surface area contributed by atoms with Crippen molar-refractivity contribution in [1.29, 1.82) is 0 Å². The molecule has 4 rings (SSSR count). The normalized spacial score (nSPS) is 24.0. The SMILES string of the molecule is CCOC(=O)C1(c2ccnnc2)CCC(N(C(=O)c2ccc(C(C)(O)C(F)(F)F)cc2)C2CC2)CC1. The lowest BCUT2D eigenvalue weighted by Crippen LogP contribution is -2.49. The zero-order chi connectivity index (χ0) is 26.1. The van der Waals surface area contributed by atoms with Gasteiger partial charge in [0.05, 0.1) is 18.2 Å². The fourth-order valence-corrected chi connectivity index (χ4v) is 5.06. The van der Waals surface area contributed by atoms with Gasteiger partial charge in [-0.2, -0.15) is 23.4 Å². The number of halogens is 3. The van der Waals surface area contributed by atoms with Crippen molar-refractivity contribution in [2.75, 3.05) is 6.61 Å². The Labute approximate surface area is 207 Å². The number of benzene rings is 1. The number of aliphatic hydroxyl groups is 1. The molecular formula is C26H30F3N3O4. The number of nitrogens with zero attached hydrogens (tertiary/aromatic N) is 3. The minimum Gasteiger partial charge on any atom is -0.465 e. The van der Waals surface area contributed by atoms with E-state index >= 15 is 0 Å². The van der Waals surface area contributed by atoms with Crippen LogP contribution in [0.3, 0.4) is 0 Å². The molecule has 1 aromatic heterocycles. The number of aromatic nitrogens is 2. The molecule has 10 heteroatoms. The lowest BCUT2D eigenvalue weighted by Gasteiger charge is -2.42. The first-order valence-electron chi connectivity index (χ1n) is 12.2. The van der Waals surface area contributed by atoms with Crippen LogP contribution < -0.4 is 0 Å². The smallest absolute Gasteiger partial charge is 0.421 e. The summed E-state index contributed by atoms with van der Waals surface area (Å²) in [5, 5.41) is 17.7. The molecule has 0 aliphatic heterocycles. The third-order valence-corrected chi connectivity index (χ3v) is 7.43. The topological polar surface area (TPSA) is 92.6 Å². The molecule has 194 valence electrons. The quantitative estimate of drug-likeness (QED) is 0.565. The van der Waals surface area contributed by atoms with Gasteiger partial charge in [0, 0.05) is 23.8 Å². The first-order chi connectivity index (χ1) is 17.0. The Morgan fingerprint density at radius 2 is 1.67 bits per heavy atom. The highest BCUT2D eigenvalue weighted by Gasteiger charge is 2.51. The van der Waals surface area contributed by atoms with E-state index in [0.717, 1.165) is 30.5 Å². The molecule has 0 spiro atoms. The third-order valence-electron chi connectivity index (χ3n) is 7.43. The van der Waals surface area contributed by atoms with E-state index in [2.05, 4.69) is 10.2 Å². The van der Waals surface area contributed by atoms with Crippen molar-refractivity contribution in [3.8, 4) is 0 Å². The van der Waals surface area contributed by atoms with E-state index in [-0.39, 0.29) is 41.7 Å². The molecule has 1 amide bonds. The second-order valence-electron chi connectivity index (χ2n) is 9.76. The number of rotatable bonds is 7. The second kappa shape index (κ2) is 9.80. The maximum absolute atomic E-state index is 13.5. The zero-order valence-electron chi connectivity index (χ0n) is 20.3. The van der Waals surface area contributed by atoms with Crippen LogP contribution in [0.4, 0.5) is 13.2 Å². The summed E-state index contributed by atoms with van der Waals surface area (Å²) in [6.07, 6.45) is 2.12. The number of carbonyl (C=O) groups is 2. The maximum Gasteiger partial charge on any atom is 0.421 e. The maximum atomic E-state index is 13.5. The summed E-state index contributed by atoms with van der Waals surface area (Å²) >= 11 is 0. The van der Waals surface area contributed by atoms with Gasteiger partial charge in [-0.3, -0.25) is 9.59 Å². The Kier molecular flexibility index (Phi) is 7.10. The van der Waals surface area contributed by atoms with E-state index in [1.54, 1.807) is 25.4 Å². The Morgan fingerprint density at radius 1 is 1.06 bits per heavy atom. The number of ether oxygens (including phenoxy) is 1. The Balaban J connectivity index is 1.54. The number of amides is 1. The van der Waals surface area contributed by atoms with Crippen LogP contribution in [0.25, 0.3) is 0 Å². The summed E-state index contributed by atoms with van der Waals surface area (Å²) in [4.78, 5) is 28.3. The summed E-state index contributed by atoms with van der Waals surface area (Å²) in [6.45, 7) is 2.71. The van der Waals surface area contributed by atoms with Gasteiger partial charge in [-0.1, -0.05) is 12.1 Å². The zero-order valence-corrected chi connectivity index (χ0v) is 20.3. The first-order valence-corrected chi connectivity index (χ1v) is 12.2. The van der Waals surface area contributed by atoms with E-state index in [0.29, 0.717) is 32.6 Å². The van der Waals surface area contributed by atoms with Crippen LogP contribution in [0.15, 0.2) is 42.7 Å². The molecule has 2 saturated carbocycles. The summed E-state index contributed by atoms with van der Waals surface area (Å²) < 4.78 is 45.0. The Bertz CT molecular complexity index is 1080. The molecule has 2 fully saturated rings. The molecule has 2 aliphatic carbocycles. The van der Waals surface area contributed by atoms with Crippen LogP contribution >= 0.6 is 0 Å². The fourth-order valence-electron chi connectivity index (χ4n) is 5.06. The van der Waals surface area contributed by atoms with Crippen molar-refractivity contribution in [3.05, 3.63) is 59.4 Å². The van der Waals surface area contributed by atoms with Crippen LogP contribution in [0.2, 0.25) is 0 Å². The summed E-state index contributed by atoms with van der Waals surface area (Å²) in [5.41, 5.74) is -3.18. The van der Waals surface area contributed by atoms with Gasteiger partial charge < -0.3 is 14.7 Å². The van der Waals surface area contributed by atoms with Crippen molar-refractivity contribution < 1.29 is 32.6 Å². The highest BCUT2D eigenvalue weighted by atomic mass is 19.4. The number of alkyl halides is 3. The van der Waals surface area contributed by atoms with Crippen LogP contribution in [-0.4, -0.2) is 56.9 Å². The Hall–Kier alpha value is -3.01. The largest absolute Gasteiger partial charge is 0.465 e. The fraction of sp³-hybridized carbons (Fsp3) is 0.538. The number of hydrogen-bond donors (Lipinski definition) is 1. The second-order valence-corrected chi connectivity index (χ2v) is 9.76. The molecule has 1 unspecified atom stereocenters. The van der Waals surface area contributed by atoms with Gasteiger partial charge >= 0.3 is 12.1 Å². The molecular weight excluding hydrogens is 475 g/mol. The predicted molar refractivity (Wildman–Crippen MR) is 124 cm³/mol. The highest BCUT2D eigenvalue weighted by Crippen LogP contribution is 2.44. The number of hydrogen-bond acceptors (Lipinski definition) is 6. The third kappa shape index (κ3) is 4.83. The van der Waals surface area contributed by atoms with Gasteiger partial charge in [-0.05, 0) is 81.7 Å². The summed E-state index contributed by atoms with van der Waals surface area (Å²) in [5.74, 6) is -0.567. The monoisotopic (exact) mass is 505 g/mol. The molecule has 0 bridgehead atoms. The molecule has 2 aliphatic rings. The van der Waals surface area contributed by atoms with Crippen molar-refractivity contribution >= 4 is 11.9 Å². The van der Waals surface area contributed by atoms with E-state index in [9.17, 15) is 27.9 Å². The average molecular weight is 506 g/mol. The molecule has 36 heavy (non-hydrogen) atoms. The minimum atomic E-state index is -4.84. The standard InChI is InChI=1S/C26H30F3N3O4/c1-3-36-23(34)25(19-12-15-30-31-16-19)13-10-21(11-14-25)32(20-8-9-20)22(33)17-4-6-18(7-5-17)24(2,35)26(27,28)29/h4-7,12,15-16,20-21,35H,3,8-11,13-14H2,1-2H3. The lowest BCUT2D eigenvalue weighted by atomic mass is 9.68. The summed E-state index contributed by atoms with van der Waals surface area (Å²) in [6, 6.07) is 6.69. The molecule has 1 aromatic carbocycles. The minimum absolute atomic E-state index is 0.0677. The van der Waals surface area contributed by atoms with Gasteiger partial charge in [0.15, 0.2) is 5.60 Å². The first kappa shape index (κ1) is 26.1. The van der Waals surface area contributed by atoms with Gasteiger partial charge in [-0.15, -0.1) is 0 Å². The highest BCUT2D eigenvalue weighted by molar-refractivity contribution is 5.95. The molecule has 1 atom stereocenters.